The lowest BCUT2D eigenvalue weighted by molar-refractivity contribution is -0.142. The number of nitrogens with zero attached hydrogens (tertiary/aromatic N) is 1. The lowest BCUT2D eigenvalue weighted by Crippen LogP contribution is -2.60. The van der Waals surface area contributed by atoms with E-state index in [1.165, 1.54) is 6.08 Å². The van der Waals surface area contributed by atoms with Gasteiger partial charge in [-0.3, -0.25) is 9.59 Å². The number of hydrogen-bond donors (Lipinski definition) is 1. The van der Waals surface area contributed by atoms with Gasteiger partial charge in [-0.2, -0.15) is 0 Å². The van der Waals surface area contributed by atoms with E-state index in [1.807, 2.05) is 18.7 Å². The van der Waals surface area contributed by atoms with Gasteiger partial charge in [-0.25, -0.2) is 0 Å². The van der Waals surface area contributed by atoms with E-state index in [9.17, 15) is 9.59 Å². The molecular formula is C18H26N2O3. The summed E-state index contributed by atoms with van der Waals surface area (Å²) in [5.74, 6) is 0.415. The van der Waals surface area contributed by atoms with Gasteiger partial charge in [-0.1, -0.05) is 19.3 Å². The van der Waals surface area contributed by atoms with Crippen molar-refractivity contribution in [3.63, 3.8) is 0 Å². The highest BCUT2D eigenvalue weighted by Gasteiger charge is 2.42. The molecule has 5 nitrogen and oxygen atoms in total. The number of hydrogen-bond acceptors (Lipinski definition) is 3. The van der Waals surface area contributed by atoms with E-state index in [0.29, 0.717) is 31.7 Å². The van der Waals surface area contributed by atoms with Crippen molar-refractivity contribution in [3.8, 4) is 0 Å². The summed E-state index contributed by atoms with van der Waals surface area (Å²) in [6.07, 6.45) is 9.09. The van der Waals surface area contributed by atoms with E-state index >= 15 is 0 Å². The number of carbonyl (C=O) groups is 2. The summed E-state index contributed by atoms with van der Waals surface area (Å²) in [6, 6.07) is 3.55. The first-order chi connectivity index (χ1) is 11.1. The Balaban J connectivity index is 2.11. The molecule has 1 N–H and O–H groups in total. The van der Waals surface area contributed by atoms with Gasteiger partial charge < -0.3 is 14.6 Å². The maximum atomic E-state index is 12.9. The third-order valence-corrected chi connectivity index (χ3v) is 4.47. The molecule has 0 radical (unpaired) electrons. The summed E-state index contributed by atoms with van der Waals surface area (Å²) in [5, 5.41) is 2.99. The summed E-state index contributed by atoms with van der Waals surface area (Å²) in [4.78, 5) is 27.0. The molecular weight excluding hydrogens is 292 g/mol. The molecule has 1 aliphatic carbocycles. The summed E-state index contributed by atoms with van der Waals surface area (Å²) in [6.45, 7) is 5.26. The molecule has 0 saturated heterocycles. The third-order valence-electron chi connectivity index (χ3n) is 4.47. The fraction of sp³-hybridized carbons (Fsp3) is 0.556. The fourth-order valence-electron chi connectivity index (χ4n) is 3.18. The molecule has 23 heavy (non-hydrogen) atoms. The lowest BCUT2D eigenvalue weighted by atomic mass is 9.80. The second kappa shape index (κ2) is 7.99. The standard InChI is InChI=1S/C18H26N2O3/c1-3-20(4-2)17(22)18(12-6-5-7-13-18)19-16(21)11-10-15-9-8-14-23-15/h8-11,14H,3-7,12-13H2,1-2H3,(H,19,21). The van der Waals surface area contributed by atoms with E-state index < -0.39 is 5.54 Å². The normalized spacial score (nSPS) is 17.1. The van der Waals surface area contributed by atoms with Crippen molar-refractivity contribution in [1.82, 2.24) is 10.2 Å². The second-order valence-corrected chi connectivity index (χ2v) is 5.96. The Morgan fingerprint density at radius 3 is 2.52 bits per heavy atom. The zero-order chi connectivity index (χ0) is 16.7. The van der Waals surface area contributed by atoms with E-state index in [2.05, 4.69) is 5.32 Å². The Morgan fingerprint density at radius 1 is 1.26 bits per heavy atom. The van der Waals surface area contributed by atoms with Crippen molar-refractivity contribution in [2.75, 3.05) is 13.1 Å². The highest BCUT2D eigenvalue weighted by Crippen LogP contribution is 2.30. The molecule has 1 aliphatic rings. The van der Waals surface area contributed by atoms with Crippen LogP contribution in [0.25, 0.3) is 6.08 Å². The van der Waals surface area contributed by atoms with Crippen LogP contribution in [0.2, 0.25) is 0 Å². The first kappa shape index (κ1) is 17.3. The molecule has 2 amide bonds. The first-order valence-corrected chi connectivity index (χ1v) is 8.44. The molecule has 1 fully saturated rings. The van der Waals surface area contributed by atoms with Crippen LogP contribution in [-0.4, -0.2) is 35.3 Å². The zero-order valence-electron chi connectivity index (χ0n) is 14.0. The van der Waals surface area contributed by atoms with Crippen molar-refractivity contribution in [2.45, 2.75) is 51.5 Å². The van der Waals surface area contributed by atoms with Gasteiger partial charge in [0.2, 0.25) is 11.8 Å². The molecule has 0 unspecified atom stereocenters. The molecule has 1 aromatic heterocycles. The number of furan rings is 1. The maximum Gasteiger partial charge on any atom is 0.248 e. The number of nitrogens with one attached hydrogen (secondary N) is 1. The minimum absolute atomic E-state index is 0.0435. The summed E-state index contributed by atoms with van der Waals surface area (Å²) in [7, 11) is 0. The minimum atomic E-state index is -0.755. The maximum absolute atomic E-state index is 12.9. The second-order valence-electron chi connectivity index (χ2n) is 5.96. The van der Waals surface area contributed by atoms with Crippen LogP contribution in [0.3, 0.4) is 0 Å². The number of amides is 2. The molecule has 126 valence electrons. The third kappa shape index (κ3) is 4.24. The van der Waals surface area contributed by atoms with E-state index in [4.69, 9.17) is 4.42 Å². The van der Waals surface area contributed by atoms with Gasteiger partial charge in [0.15, 0.2) is 0 Å². The van der Waals surface area contributed by atoms with Gasteiger partial charge in [-0.05, 0) is 44.9 Å². The highest BCUT2D eigenvalue weighted by atomic mass is 16.3. The van der Waals surface area contributed by atoms with Gasteiger partial charge in [0.25, 0.3) is 0 Å². The van der Waals surface area contributed by atoms with Crippen molar-refractivity contribution in [1.29, 1.82) is 0 Å². The smallest absolute Gasteiger partial charge is 0.248 e. The highest BCUT2D eigenvalue weighted by molar-refractivity contribution is 5.97. The molecule has 1 heterocycles. The van der Waals surface area contributed by atoms with Crippen LogP contribution in [-0.2, 0) is 9.59 Å². The average molecular weight is 318 g/mol. The van der Waals surface area contributed by atoms with Crippen LogP contribution in [0, 0.1) is 0 Å². The monoisotopic (exact) mass is 318 g/mol. The van der Waals surface area contributed by atoms with Crippen molar-refractivity contribution >= 4 is 17.9 Å². The van der Waals surface area contributed by atoms with Crippen LogP contribution in [0.5, 0.6) is 0 Å². The molecule has 0 aliphatic heterocycles. The number of carbonyl (C=O) groups excluding carboxylic acids is 2. The number of likely N-dealkylation sites (N-methyl/N-ethyl adjacent to an activating group) is 1. The van der Waals surface area contributed by atoms with Crippen LogP contribution in [0.1, 0.15) is 51.7 Å². The van der Waals surface area contributed by atoms with Gasteiger partial charge in [0.05, 0.1) is 6.26 Å². The van der Waals surface area contributed by atoms with Crippen LogP contribution < -0.4 is 5.32 Å². The van der Waals surface area contributed by atoms with E-state index in [0.717, 1.165) is 19.3 Å². The number of rotatable bonds is 6. The molecule has 1 saturated carbocycles. The predicted molar refractivity (Wildman–Crippen MR) is 89.6 cm³/mol. The molecule has 0 atom stereocenters. The lowest BCUT2D eigenvalue weighted by Gasteiger charge is -2.39. The molecule has 2 rings (SSSR count). The molecule has 0 bridgehead atoms. The molecule has 5 heteroatoms. The van der Waals surface area contributed by atoms with E-state index in [1.54, 1.807) is 24.5 Å². The minimum Gasteiger partial charge on any atom is -0.465 e. The fourth-order valence-corrected chi connectivity index (χ4v) is 3.18. The zero-order valence-corrected chi connectivity index (χ0v) is 14.0. The van der Waals surface area contributed by atoms with Gasteiger partial charge in [0.1, 0.15) is 11.3 Å². The summed E-state index contributed by atoms with van der Waals surface area (Å²) in [5.41, 5.74) is -0.755. The topological polar surface area (TPSA) is 62.6 Å². The Bertz CT molecular complexity index is 539. The largest absolute Gasteiger partial charge is 0.465 e. The molecule has 0 spiro atoms. The van der Waals surface area contributed by atoms with Crippen LogP contribution in [0.4, 0.5) is 0 Å². The first-order valence-electron chi connectivity index (χ1n) is 8.44. The Kier molecular flexibility index (Phi) is 6.02. The predicted octanol–water partition coefficient (Wildman–Crippen LogP) is 2.98. The Labute approximate surface area is 137 Å². The van der Waals surface area contributed by atoms with Crippen molar-refractivity contribution in [3.05, 3.63) is 30.2 Å². The van der Waals surface area contributed by atoms with Crippen LogP contribution in [0.15, 0.2) is 28.9 Å². The van der Waals surface area contributed by atoms with Crippen LogP contribution >= 0.6 is 0 Å². The average Bonchev–Trinajstić information content (AvgIpc) is 3.08. The summed E-state index contributed by atoms with van der Waals surface area (Å²) < 4.78 is 5.18. The molecule has 0 aromatic carbocycles. The molecule has 1 aromatic rings. The van der Waals surface area contributed by atoms with Gasteiger partial charge >= 0.3 is 0 Å². The quantitative estimate of drug-likeness (QED) is 0.820. The van der Waals surface area contributed by atoms with Gasteiger partial charge in [0, 0.05) is 19.2 Å². The SMILES string of the molecule is CCN(CC)C(=O)C1(NC(=O)C=Cc2ccco2)CCCCC1. The van der Waals surface area contributed by atoms with Gasteiger partial charge in [-0.15, -0.1) is 0 Å². The Morgan fingerprint density at radius 2 is 1.96 bits per heavy atom. The van der Waals surface area contributed by atoms with Crippen molar-refractivity contribution < 1.29 is 14.0 Å². The van der Waals surface area contributed by atoms with E-state index in [-0.39, 0.29) is 11.8 Å². The Hall–Kier alpha value is -2.04. The summed E-state index contributed by atoms with van der Waals surface area (Å²) >= 11 is 0. The van der Waals surface area contributed by atoms with Crippen molar-refractivity contribution in [2.24, 2.45) is 0 Å².